The van der Waals surface area contributed by atoms with Crippen molar-refractivity contribution in [1.29, 1.82) is 0 Å². The number of carbonyl (C=O) groups is 1. The number of carbonyl (C=O) groups excluding carboxylic acids is 1. The van der Waals surface area contributed by atoms with Crippen LogP contribution in [0.25, 0.3) is 0 Å². The van der Waals surface area contributed by atoms with Gasteiger partial charge >= 0.3 is 0 Å². The molecule has 16 heavy (non-hydrogen) atoms. The van der Waals surface area contributed by atoms with E-state index < -0.39 is 0 Å². The molecule has 2 fully saturated rings. The lowest BCUT2D eigenvalue weighted by molar-refractivity contribution is -0.126. The number of nitrogens with zero attached hydrogens (tertiary/aromatic N) is 1. The van der Waals surface area contributed by atoms with Crippen LogP contribution < -0.4 is 5.32 Å². The van der Waals surface area contributed by atoms with E-state index in [1.807, 2.05) is 0 Å². The summed E-state index contributed by atoms with van der Waals surface area (Å²) in [5, 5.41) is 3.14. The largest absolute Gasteiger partial charge is 0.354 e. The van der Waals surface area contributed by atoms with Crippen LogP contribution in [0.3, 0.4) is 0 Å². The second-order valence-electron chi connectivity index (χ2n) is 5.36. The Morgan fingerprint density at radius 1 is 1.19 bits per heavy atom. The summed E-state index contributed by atoms with van der Waals surface area (Å²) >= 11 is 0. The number of amides is 1. The van der Waals surface area contributed by atoms with Gasteiger partial charge in [-0.05, 0) is 39.3 Å². The van der Waals surface area contributed by atoms with E-state index in [2.05, 4.69) is 17.3 Å². The van der Waals surface area contributed by atoms with E-state index in [0.29, 0.717) is 17.9 Å². The fourth-order valence-electron chi connectivity index (χ4n) is 2.96. The Balaban J connectivity index is 1.70. The number of nitrogens with one attached hydrogen (secondary N) is 1. The van der Waals surface area contributed by atoms with Gasteiger partial charge in [0, 0.05) is 18.5 Å². The van der Waals surface area contributed by atoms with Crippen molar-refractivity contribution < 1.29 is 4.79 Å². The molecule has 0 aromatic rings. The van der Waals surface area contributed by atoms with Gasteiger partial charge in [-0.1, -0.05) is 19.3 Å². The molecule has 0 spiro atoms. The Labute approximate surface area is 98.6 Å². The highest BCUT2D eigenvalue weighted by Crippen LogP contribution is 2.23. The van der Waals surface area contributed by atoms with Gasteiger partial charge < -0.3 is 10.2 Å². The predicted molar refractivity (Wildman–Crippen MR) is 65.2 cm³/mol. The van der Waals surface area contributed by atoms with Crippen molar-refractivity contribution in [3.05, 3.63) is 0 Å². The third-order valence-corrected chi connectivity index (χ3v) is 4.16. The van der Waals surface area contributed by atoms with E-state index in [9.17, 15) is 4.79 Å². The molecule has 2 aliphatic rings. The Bertz CT molecular complexity index is 236. The summed E-state index contributed by atoms with van der Waals surface area (Å²) in [5.41, 5.74) is 0. The molecule has 0 radical (unpaired) electrons. The van der Waals surface area contributed by atoms with Crippen LogP contribution in [0, 0.1) is 5.92 Å². The summed E-state index contributed by atoms with van der Waals surface area (Å²) in [4.78, 5) is 14.3. The topological polar surface area (TPSA) is 32.3 Å². The van der Waals surface area contributed by atoms with Crippen LogP contribution in [0.15, 0.2) is 0 Å². The Morgan fingerprint density at radius 2 is 1.94 bits per heavy atom. The first-order valence-electron chi connectivity index (χ1n) is 6.75. The fraction of sp³-hybridized carbons (Fsp3) is 0.923. The third kappa shape index (κ3) is 2.97. The minimum Gasteiger partial charge on any atom is -0.354 e. The van der Waals surface area contributed by atoms with Gasteiger partial charge in [0.1, 0.15) is 0 Å². The smallest absolute Gasteiger partial charge is 0.223 e. The Kier molecular flexibility index (Phi) is 4.22. The number of hydrogen-bond donors (Lipinski definition) is 1. The molecule has 1 unspecified atom stereocenters. The lowest BCUT2D eigenvalue weighted by atomic mass is 9.88. The highest BCUT2D eigenvalue weighted by atomic mass is 16.1. The van der Waals surface area contributed by atoms with E-state index in [1.165, 1.54) is 38.6 Å². The summed E-state index contributed by atoms with van der Waals surface area (Å²) in [7, 11) is 2.16. The van der Waals surface area contributed by atoms with Crippen LogP contribution in [0.1, 0.15) is 44.9 Å². The standard InChI is InChI=1S/C13H24N2O/c1-15-9-5-8-12(15)10-14-13(16)11-6-3-2-4-7-11/h11-12H,2-10H2,1H3,(H,14,16). The molecule has 1 saturated carbocycles. The van der Waals surface area contributed by atoms with Crippen molar-refractivity contribution in [2.75, 3.05) is 20.1 Å². The summed E-state index contributed by atoms with van der Waals surface area (Å²) in [5.74, 6) is 0.612. The molecule has 1 aliphatic heterocycles. The van der Waals surface area contributed by atoms with Crippen LogP contribution >= 0.6 is 0 Å². The van der Waals surface area contributed by atoms with Crippen LogP contribution in [0.2, 0.25) is 0 Å². The SMILES string of the molecule is CN1CCCC1CNC(=O)C1CCCCC1. The zero-order valence-electron chi connectivity index (χ0n) is 10.4. The van der Waals surface area contributed by atoms with Crippen LogP contribution in [-0.2, 0) is 4.79 Å². The predicted octanol–water partition coefficient (Wildman–Crippen LogP) is 1.78. The molecule has 2 rings (SSSR count). The van der Waals surface area contributed by atoms with Crippen molar-refractivity contribution in [2.45, 2.75) is 51.0 Å². The Hall–Kier alpha value is -0.570. The summed E-state index contributed by atoms with van der Waals surface area (Å²) in [6.07, 6.45) is 8.51. The van der Waals surface area contributed by atoms with Crippen LogP contribution in [-0.4, -0.2) is 37.0 Å². The van der Waals surface area contributed by atoms with Crippen LogP contribution in [0.5, 0.6) is 0 Å². The monoisotopic (exact) mass is 224 g/mol. The van der Waals surface area contributed by atoms with Crippen molar-refractivity contribution in [1.82, 2.24) is 10.2 Å². The van der Waals surface area contributed by atoms with E-state index in [-0.39, 0.29) is 0 Å². The van der Waals surface area contributed by atoms with Gasteiger partial charge in [0.05, 0.1) is 0 Å². The molecular formula is C13H24N2O. The number of rotatable bonds is 3. The zero-order chi connectivity index (χ0) is 11.4. The minimum atomic E-state index is 0.306. The van der Waals surface area contributed by atoms with Crippen molar-refractivity contribution in [3.8, 4) is 0 Å². The number of hydrogen-bond acceptors (Lipinski definition) is 2. The normalized spacial score (nSPS) is 28.2. The fourth-order valence-corrected chi connectivity index (χ4v) is 2.96. The molecule has 1 heterocycles. The quantitative estimate of drug-likeness (QED) is 0.792. The molecule has 1 amide bonds. The van der Waals surface area contributed by atoms with Gasteiger partial charge in [-0.3, -0.25) is 4.79 Å². The average molecular weight is 224 g/mol. The van der Waals surface area contributed by atoms with Gasteiger partial charge in [0.2, 0.25) is 5.91 Å². The minimum absolute atomic E-state index is 0.306. The molecule has 0 aromatic carbocycles. The summed E-state index contributed by atoms with van der Waals surface area (Å²) in [6, 6.07) is 0.576. The van der Waals surface area contributed by atoms with Gasteiger partial charge in [-0.2, -0.15) is 0 Å². The van der Waals surface area contributed by atoms with Gasteiger partial charge in [0.15, 0.2) is 0 Å². The molecular weight excluding hydrogens is 200 g/mol. The van der Waals surface area contributed by atoms with E-state index in [0.717, 1.165) is 19.4 Å². The highest BCUT2D eigenvalue weighted by Gasteiger charge is 2.24. The molecule has 1 saturated heterocycles. The molecule has 0 aromatic heterocycles. The van der Waals surface area contributed by atoms with Crippen molar-refractivity contribution in [2.24, 2.45) is 5.92 Å². The molecule has 92 valence electrons. The second-order valence-corrected chi connectivity index (χ2v) is 5.36. The van der Waals surface area contributed by atoms with E-state index in [1.54, 1.807) is 0 Å². The third-order valence-electron chi connectivity index (χ3n) is 4.16. The molecule has 3 nitrogen and oxygen atoms in total. The maximum Gasteiger partial charge on any atom is 0.223 e. The first-order valence-corrected chi connectivity index (χ1v) is 6.75. The molecule has 1 N–H and O–H groups in total. The summed E-state index contributed by atoms with van der Waals surface area (Å²) in [6.45, 7) is 2.04. The van der Waals surface area contributed by atoms with Gasteiger partial charge in [0.25, 0.3) is 0 Å². The molecule has 1 atom stereocenters. The van der Waals surface area contributed by atoms with Gasteiger partial charge in [-0.15, -0.1) is 0 Å². The molecule has 0 bridgehead atoms. The summed E-state index contributed by atoms with van der Waals surface area (Å²) < 4.78 is 0. The van der Waals surface area contributed by atoms with Gasteiger partial charge in [-0.25, -0.2) is 0 Å². The van der Waals surface area contributed by atoms with Crippen molar-refractivity contribution in [3.63, 3.8) is 0 Å². The maximum absolute atomic E-state index is 11.9. The number of likely N-dealkylation sites (tertiary alicyclic amines) is 1. The number of likely N-dealkylation sites (N-methyl/N-ethyl adjacent to an activating group) is 1. The zero-order valence-corrected chi connectivity index (χ0v) is 10.4. The Morgan fingerprint density at radius 3 is 2.56 bits per heavy atom. The lowest BCUT2D eigenvalue weighted by Gasteiger charge is -2.24. The lowest BCUT2D eigenvalue weighted by Crippen LogP contribution is -2.41. The van der Waals surface area contributed by atoms with E-state index in [4.69, 9.17) is 0 Å². The second kappa shape index (κ2) is 5.67. The molecule has 1 aliphatic carbocycles. The first kappa shape index (κ1) is 11.9. The first-order chi connectivity index (χ1) is 7.77. The van der Waals surface area contributed by atoms with Crippen LogP contribution in [0.4, 0.5) is 0 Å². The van der Waals surface area contributed by atoms with E-state index >= 15 is 0 Å². The highest BCUT2D eigenvalue weighted by molar-refractivity contribution is 5.78. The maximum atomic E-state index is 11.9. The molecule has 3 heteroatoms. The van der Waals surface area contributed by atoms with Crippen molar-refractivity contribution >= 4 is 5.91 Å². The average Bonchev–Trinajstić information content (AvgIpc) is 2.73.